The predicted molar refractivity (Wildman–Crippen MR) is 68.1 cm³/mol. The Hall–Kier alpha value is -1.14. The van der Waals surface area contributed by atoms with Crippen LogP contribution in [0.15, 0.2) is 0 Å². The first-order valence-corrected chi connectivity index (χ1v) is 6.85. The summed E-state index contributed by atoms with van der Waals surface area (Å²) in [7, 11) is 0. The van der Waals surface area contributed by atoms with E-state index in [9.17, 15) is 14.7 Å². The number of nitrogens with two attached hydrogens (primary N) is 1. The molecule has 1 saturated heterocycles. The van der Waals surface area contributed by atoms with Gasteiger partial charge in [-0.3, -0.25) is 9.59 Å². The zero-order valence-corrected chi connectivity index (χ0v) is 11.1. The van der Waals surface area contributed by atoms with Crippen molar-refractivity contribution in [3.8, 4) is 0 Å². The summed E-state index contributed by atoms with van der Waals surface area (Å²) in [6, 6.07) is 0. The van der Waals surface area contributed by atoms with Crippen LogP contribution in [-0.2, 0) is 14.3 Å². The van der Waals surface area contributed by atoms with E-state index in [2.05, 4.69) is 0 Å². The third kappa shape index (κ3) is 4.47. The van der Waals surface area contributed by atoms with E-state index < -0.39 is 11.5 Å². The van der Waals surface area contributed by atoms with Crippen molar-refractivity contribution in [1.82, 2.24) is 4.90 Å². The fourth-order valence-electron chi connectivity index (χ4n) is 2.48. The molecular weight excluding hydrogens is 248 g/mol. The number of hydrogen-bond acceptors (Lipinski definition) is 4. The van der Waals surface area contributed by atoms with Gasteiger partial charge in [0.1, 0.15) is 6.61 Å². The Morgan fingerprint density at radius 3 is 2.79 bits per heavy atom. The molecule has 2 amide bonds. The number of β-amino-alcohol motifs (C(OH)–C–C–N with tert-alkyl or cyclic N) is 1. The molecule has 19 heavy (non-hydrogen) atoms. The van der Waals surface area contributed by atoms with Gasteiger partial charge in [0.15, 0.2) is 0 Å². The van der Waals surface area contributed by atoms with Gasteiger partial charge < -0.3 is 20.5 Å². The molecule has 0 aromatic rings. The van der Waals surface area contributed by atoms with E-state index in [-0.39, 0.29) is 25.5 Å². The van der Waals surface area contributed by atoms with Crippen molar-refractivity contribution in [1.29, 1.82) is 0 Å². The molecule has 1 unspecified atom stereocenters. The fourth-order valence-corrected chi connectivity index (χ4v) is 2.48. The Bertz CT molecular complexity index is 357. The van der Waals surface area contributed by atoms with E-state index in [1.165, 1.54) is 12.8 Å². The van der Waals surface area contributed by atoms with E-state index in [0.717, 1.165) is 0 Å². The first kappa shape index (κ1) is 14.3. The van der Waals surface area contributed by atoms with Crippen LogP contribution in [0.1, 0.15) is 32.1 Å². The molecule has 2 fully saturated rings. The van der Waals surface area contributed by atoms with Crippen LogP contribution in [0.3, 0.4) is 0 Å². The second-order valence-corrected chi connectivity index (χ2v) is 5.74. The van der Waals surface area contributed by atoms with E-state index in [0.29, 0.717) is 31.9 Å². The average molecular weight is 270 g/mol. The molecule has 0 aromatic carbocycles. The summed E-state index contributed by atoms with van der Waals surface area (Å²) in [4.78, 5) is 24.5. The normalized spacial score (nSPS) is 27.3. The topological polar surface area (TPSA) is 92.9 Å². The number of amides is 2. The average Bonchev–Trinajstić information content (AvgIpc) is 3.11. The number of aliphatic hydroxyl groups is 1. The van der Waals surface area contributed by atoms with Gasteiger partial charge in [-0.15, -0.1) is 0 Å². The maximum absolute atomic E-state index is 11.9. The van der Waals surface area contributed by atoms with Gasteiger partial charge in [0.05, 0.1) is 18.6 Å². The van der Waals surface area contributed by atoms with E-state index >= 15 is 0 Å². The van der Waals surface area contributed by atoms with Crippen LogP contribution in [0.4, 0.5) is 0 Å². The summed E-state index contributed by atoms with van der Waals surface area (Å²) in [5.41, 5.74) is 3.95. The van der Waals surface area contributed by atoms with Crippen LogP contribution in [-0.4, -0.2) is 53.7 Å². The number of ether oxygens (including phenoxy) is 1. The number of rotatable bonds is 6. The Morgan fingerprint density at radius 2 is 2.16 bits per heavy atom. The maximum Gasteiger partial charge on any atom is 0.248 e. The minimum Gasteiger partial charge on any atom is -0.388 e. The molecule has 108 valence electrons. The van der Waals surface area contributed by atoms with Gasteiger partial charge in [-0.1, -0.05) is 0 Å². The summed E-state index contributed by atoms with van der Waals surface area (Å²) in [5, 5.41) is 10.2. The van der Waals surface area contributed by atoms with E-state index in [1.54, 1.807) is 4.90 Å². The van der Waals surface area contributed by atoms with E-state index in [4.69, 9.17) is 10.5 Å². The number of carbonyl (C=O) groups is 2. The third-order valence-electron chi connectivity index (χ3n) is 3.69. The largest absolute Gasteiger partial charge is 0.388 e. The molecule has 1 aliphatic carbocycles. The third-order valence-corrected chi connectivity index (χ3v) is 3.69. The minimum atomic E-state index is -1.17. The molecule has 6 nitrogen and oxygen atoms in total. The van der Waals surface area contributed by atoms with Crippen LogP contribution < -0.4 is 5.73 Å². The zero-order valence-electron chi connectivity index (χ0n) is 11.1. The van der Waals surface area contributed by atoms with Crippen molar-refractivity contribution in [2.45, 2.75) is 37.7 Å². The number of likely N-dealkylation sites (tertiary alicyclic amines) is 1. The molecule has 1 saturated carbocycles. The highest BCUT2D eigenvalue weighted by Crippen LogP contribution is 2.29. The SMILES string of the molecule is NC(=O)CC1(O)CCCN(C(=O)COCC2CC2)C1. The summed E-state index contributed by atoms with van der Waals surface area (Å²) in [5.74, 6) is -0.0361. The maximum atomic E-state index is 11.9. The molecule has 1 heterocycles. The molecule has 0 aromatic heterocycles. The summed E-state index contributed by atoms with van der Waals surface area (Å²) >= 11 is 0. The van der Waals surface area contributed by atoms with E-state index in [1.807, 2.05) is 0 Å². The van der Waals surface area contributed by atoms with Gasteiger partial charge >= 0.3 is 0 Å². The number of piperidine rings is 1. The highest BCUT2D eigenvalue weighted by Gasteiger charge is 2.36. The number of carbonyl (C=O) groups excluding carboxylic acids is 2. The Labute approximate surface area is 112 Å². The monoisotopic (exact) mass is 270 g/mol. The summed E-state index contributed by atoms with van der Waals surface area (Å²) < 4.78 is 5.36. The lowest BCUT2D eigenvalue weighted by atomic mass is 9.89. The second kappa shape index (κ2) is 5.88. The van der Waals surface area contributed by atoms with Crippen molar-refractivity contribution in [3.05, 3.63) is 0 Å². The molecule has 2 rings (SSSR count). The molecular formula is C13H22N2O4. The van der Waals surface area contributed by atoms with Crippen molar-refractivity contribution in [3.63, 3.8) is 0 Å². The van der Waals surface area contributed by atoms with Crippen molar-refractivity contribution in [2.24, 2.45) is 11.7 Å². The Balaban J connectivity index is 1.78. The van der Waals surface area contributed by atoms with Crippen LogP contribution in [0.5, 0.6) is 0 Å². The van der Waals surface area contributed by atoms with Gasteiger partial charge in [-0.05, 0) is 31.6 Å². The molecule has 0 bridgehead atoms. The standard InChI is InChI=1S/C13H22N2O4/c14-11(16)6-13(18)4-1-5-15(9-13)12(17)8-19-7-10-2-3-10/h10,18H,1-9H2,(H2,14,16). The molecule has 1 aliphatic heterocycles. The Morgan fingerprint density at radius 1 is 1.42 bits per heavy atom. The van der Waals surface area contributed by atoms with Crippen molar-refractivity contribution < 1.29 is 19.4 Å². The molecule has 3 N–H and O–H groups in total. The van der Waals surface area contributed by atoms with Gasteiger partial charge in [0.2, 0.25) is 11.8 Å². The zero-order chi connectivity index (χ0) is 13.9. The fraction of sp³-hybridized carbons (Fsp3) is 0.846. The van der Waals surface area contributed by atoms with Gasteiger partial charge in [-0.25, -0.2) is 0 Å². The van der Waals surface area contributed by atoms with Gasteiger partial charge in [0, 0.05) is 13.1 Å². The molecule has 6 heteroatoms. The molecule has 0 spiro atoms. The quantitative estimate of drug-likeness (QED) is 0.689. The van der Waals surface area contributed by atoms with Crippen molar-refractivity contribution >= 4 is 11.8 Å². The summed E-state index contributed by atoms with van der Waals surface area (Å²) in [6.45, 7) is 1.47. The Kier molecular flexibility index (Phi) is 4.42. The second-order valence-electron chi connectivity index (χ2n) is 5.74. The van der Waals surface area contributed by atoms with Gasteiger partial charge in [-0.2, -0.15) is 0 Å². The highest BCUT2D eigenvalue weighted by atomic mass is 16.5. The van der Waals surface area contributed by atoms with Crippen LogP contribution in [0.2, 0.25) is 0 Å². The van der Waals surface area contributed by atoms with Crippen molar-refractivity contribution in [2.75, 3.05) is 26.3 Å². The molecule has 0 radical (unpaired) electrons. The van der Waals surface area contributed by atoms with Crippen LogP contribution in [0.25, 0.3) is 0 Å². The number of primary amides is 1. The smallest absolute Gasteiger partial charge is 0.248 e. The number of hydrogen-bond donors (Lipinski definition) is 2. The van der Waals surface area contributed by atoms with Crippen LogP contribution >= 0.6 is 0 Å². The molecule has 2 aliphatic rings. The summed E-state index contributed by atoms with van der Waals surface area (Å²) in [6.07, 6.45) is 3.47. The van der Waals surface area contributed by atoms with Crippen LogP contribution in [0, 0.1) is 5.92 Å². The predicted octanol–water partition coefficient (Wildman–Crippen LogP) is -0.358. The first-order valence-electron chi connectivity index (χ1n) is 6.85. The van der Waals surface area contributed by atoms with Gasteiger partial charge in [0.25, 0.3) is 0 Å². The molecule has 1 atom stereocenters. The lowest BCUT2D eigenvalue weighted by Gasteiger charge is -2.38. The highest BCUT2D eigenvalue weighted by molar-refractivity contribution is 5.78. The first-order chi connectivity index (χ1) is 8.98. The lowest BCUT2D eigenvalue weighted by Crippen LogP contribution is -2.52. The lowest BCUT2D eigenvalue weighted by molar-refractivity contribution is -0.145. The minimum absolute atomic E-state index is 0.0587. The number of nitrogens with zero attached hydrogens (tertiary/aromatic N) is 1.